The van der Waals surface area contributed by atoms with E-state index in [0.717, 1.165) is 0 Å². The minimum atomic E-state index is -0.612. The van der Waals surface area contributed by atoms with Gasteiger partial charge < -0.3 is 0 Å². The van der Waals surface area contributed by atoms with Crippen LogP contribution in [-0.4, -0.2) is 20.0 Å². The van der Waals surface area contributed by atoms with Gasteiger partial charge in [0.25, 0.3) is 0 Å². The van der Waals surface area contributed by atoms with Gasteiger partial charge in [0, 0.05) is 0 Å². The summed E-state index contributed by atoms with van der Waals surface area (Å²) in [6.45, 7) is 2.21. The molecule has 0 radical (unpaired) electrons. The molecule has 6 heavy (non-hydrogen) atoms. The monoisotopic (exact) mass is 214 g/mol. The summed E-state index contributed by atoms with van der Waals surface area (Å²) in [5.74, 6) is 0. The number of unbranched alkanes of at least 4 members (excludes halogenated alkanes) is 1. The first kappa shape index (κ1) is 7.09. The Morgan fingerprint density at radius 2 is 2.33 bits per heavy atom. The van der Waals surface area contributed by atoms with E-state index >= 15 is 0 Å². The molecule has 0 saturated heterocycles. The Balaban J connectivity index is 2.34. The molecule has 0 aliphatic rings. The van der Waals surface area contributed by atoms with Crippen molar-refractivity contribution in [1.82, 2.24) is 0 Å². The van der Waals surface area contributed by atoms with Crippen molar-refractivity contribution >= 4 is 28.9 Å². The Morgan fingerprint density at radius 3 is 2.50 bits per heavy atom. The van der Waals surface area contributed by atoms with Gasteiger partial charge in [0.1, 0.15) is 0 Å². The molecule has 0 aliphatic carbocycles. The number of hydrogen-bond acceptors (Lipinski definition) is 0. The molecule has 0 aromatic carbocycles. The van der Waals surface area contributed by atoms with Gasteiger partial charge in [0.2, 0.25) is 0 Å². The molecule has 0 bridgehead atoms. The summed E-state index contributed by atoms with van der Waals surface area (Å²) in [5.41, 5.74) is 0. The molecule has 0 aromatic heterocycles. The standard InChI is InChI=1S/C4H9.ClH.Sn.2H/c1-3-4-2;;;;/h1,3-4H2,2H3;1H;;;/q;;+1;;/p-1. The average molecular weight is 213 g/mol. The fourth-order valence-corrected chi connectivity index (χ4v) is 3.58. The second-order valence-electron chi connectivity index (χ2n) is 1.40. The normalized spacial score (nSPS) is 11.0. The second kappa shape index (κ2) is 6.09. The number of halogens is 1. The molecule has 0 amide bonds. The van der Waals surface area contributed by atoms with E-state index in [4.69, 9.17) is 8.92 Å². The molecule has 0 saturated carbocycles. The quantitative estimate of drug-likeness (QED) is 0.492. The van der Waals surface area contributed by atoms with Gasteiger partial charge in [0.15, 0.2) is 0 Å². The van der Waals surface area contributed by atoms with Crippen molar-refractivity contribution in [3.05, 3.63) is 0 Å². The van der Waals surface area contributed by atoms with Gasteiger partial charge in [-0.05, 0) is 0 Å². The van der Waals surface area contributed by atoms with Gasteiger partial charge in [-0.25, -0.2) is 0 Å². The van der Waals surface area contributed by atoms with Crippen LogP contribution in [0.5, 0.6) is 0 Å². The first-order chi connectivity index (χ1) is 2.91. The molecule has 0 unspecified atom stereocenters. The van der Waals surface area contributed by atoms with Crippen LogP contribution in [0.3, 0.4) is 0 Å². The van der Waals surface area contributed by atoms with Gasteiger partial charge in [0.05, 0.1) is 0 Å². The molecular formula is C4H11ClSn. The summed E-state index contributed by atoms with van der Waals surface area (Å²) in [4.78, 5) is 0. The molecule has 0 atom stereocenters. The zero-order chi connectivity index (χ0) is 4.83. The van der Waals surface area contributed by atoms with E-state index in [9.17, 15) is 0 Å². The van der Waals surface area contributed by atoms with Crippen molar-refractivity contribution in [3.63, 3.8) is 0 Å². The van der Waals surface area contributed by atoms with Crippen LogP contribution in [0.25, 0.3) is 0 Å². The SMILES string of the molecule is CCC[CH2][SnH2][Cl]. The summed E-state index contributed by atoms with van der Waals surface area (Å²) >= 11 is -0.612. The van der Waals surface area contributed by atoms with E-state index in [0.29, 0.717) is 0 Å². The maximum atomic E-state index is 5.59. The number of hydrogen-bond donors (Lipinski definition) is 0. The van der Waals surface area contributed by atoms with Crippen molar-refractivity contribution in [1.29, 1.82) is 0 Å². The van der Waals surface area contributed by atoms with E-state index in [1.165, 1.54) is 17.3 Å². The van der Waals surface area contributed by atoms with Crippen LogP contribution in [-0.2, 0) is 0 Å². The van der Waals surface area contributed by atoms with Crippen molar-refractivity contribution in [2.75, 3.05) is 0 Å². The van der Waals surface area contributed by atoms with Crippen LogP contribution < -0.4 is 0 Å². The molecule has 2 heteroatoms. The van der Waals surface area contributed by atoms with E-state index in [2.05, 4.69) is 6.92 Å². The topological polar surface area (TPSA) is 0 Å². The summed E-state index contributed by atoms with van der Waals surface area (Å²) in [6, 6.07) is 0. The van der Waals surface area contributed by atoms with E-state index < -0.39 is 20.0 Å². The van der Waals surface area contributed by atoms with Crippen LogP contribution >= 0.6 is 8.92 Å². The Labute approximate surface area is 53.2 Å². The molecule has 0 aliphatic heterocycles. The predicted octanol–water partition coefficient (Wildman–Crippen LogP) is 1.53. The molecule has 0 aromatic rings. The fraction of sp³-hybridized carbons (Fsp3) is 1.00. The zero-order valence-corrected chi connectivity index (χ0v) is 9.00. The van der Waals surface area contributed by atoms with Gasteiger partial charge >= 0.3 is 53.1 Å². The van der Waals surface area contributed by atoms with Crippen molar-refractivity contribution < 1.29 is 0 Å². The molecular weight excluding hydrogens is 202 g/mol. The third-order valence-corrected chi connectivity index (χ3v) is 4.72. The Morgan fingerprint density at radius 1 is 1.67 bits per heavy atom. The Hall–Kier alpha value is 1.09. The Kier molecular flexibility index (Phi) is 7.19. The minimum absolute atomic E-state index is 0.612. The molecule has 0 nitrogen and oxygen atoms in total. The van der Waals surface area contributed by atoms with E-state index in [1.807, 2.05) is 0 Å². The van der Waals surface area contributed by atoms with E-state index in [-0.39, 0.29) is 0 Å². The van der Waals surface area contributed by atoms with Crippen LogP contribution in [0.15, 0.2) is 0 Å². The molecule has 0 spiro atoms. The third-order valence-electron chi connectivity index (χ3n) is 0.737. The van der Waals surface area contributed by atoms with Crippen molar-refractivity contribution in [2.45, 2.75) is 24.2 Å². The van der Waals surface area contributed by atoms with Crippen LogP contribution in [0.2, 0.25) is 4.44 Å². The van der Waals surface area contributed by atoms with Crippen LogP contribution in [0.4, 0.5) is 0 Å². The first-order valence-electron chi connectivity index (χ1n) is 2.47. The molecule has 0 N–H and O–H groups in total. The van der Waals surface area contributed by atoms with Crippen LogP contribution in [0, 0.1) is 0 Å². The molecule has 0 heterocycles. The summed E-state index contributed by atoms with van der Waals surface area (Å²) in [5, 5.41) is 0. The van der Waals surface area contributed by atoms with Gasteiger partial charge in [-0.2, -0.15) is 0 Å². The molecule has 0 rings (SSSR count). The maximum absolute atomic E-state index is 5.59. The van der Waals surface area contributed by atoms with Gasteiger partial charge in [-0.3, -0.25) is 0 Å². The first-order valence-corrected chi connectivity index (χ1v) is 10.4. The van der Waals surface area contributed by atoms with Crippen molar-refractivity contribution in [2.24, 2.45) is 0 Å². The predicted molar refractivity (Wildman–Crippen MR) is 34.1 cm³/mol. The van der Waals surface area contributed by atoms with Crippen molar-refractivity contribution in [3.8, 4) is 0 Å². The summed E-state index contributed by atoms with van der Waals surface area (Å²) in [7, 11) is 5.59. The number of rotatable bonds is 3. The van der Waals surface area contributed by atoms with Gasteiger partial charge in [-0.1, -0.05) is 0 Å². The molecule has 0 fully saturated rings. The third kappa shape index (κ3) is 5.09. The van der Waals surface area contributed by atoms with Crippen LogP contribution in [0.1, 0.15) is 19.8 Å². The summed E-state index contributed by atoms with van der Waals surface area (Å²) < 4.78 is 1.39. The fourth-order valence-electron chi connectivity index (χ4n) is 0.344. The zero-order valence-electron chi connectivity index (χ0n) is 4.21. The molecule has 38 valence electrons. The Bertz CT molecular complexity index is 19.5. The van der Waals surface area contributed by atoms with Gasteiger partial charge in [-0.15, -0.1) is 0 Å². The average Bonchev–Trinajstić information content (AvgIpc) is 1.61. The second-order valence-corrected chi connectivity index (χ2v) is 7.03. The summed E-state index contributed by atoms with van der Waals surface area (Å²) in [6.07, 6.45) is 2.70. The van der Waals surface area contributed by atoms with E-state index in [1.54, 1.807) is 0 Å².